The number of aryl methyl sites for hydroxylation is 1. The number of hydrogen-bond acceptors (Lipinski definition) is 1. The predicted octanol–water partition coefficient (Wildman–Crippen LogP) is 2.79. The van der Waals surface area contributed by atoms with Crippen LogP contribution in [0.5, 0.6) is 0 Å². The Hall–Kier alpha value is -1.31. The van der Waals surface area contributed by atoms with Gasteiger partial charge in [-0.05, 0) is 36.0 Å². The molecule has 0 fully saturated rings. The van der Waals surface area contributed by atoms with Crippen LogP contribution < -0.4 is 4.90 Å². The highest BCUT2D eigenvalue weighted by atomic mass is 16.2. The van der Waals surface area contributed by atoms with E-state index in [9.17, 15) is 4.79 Å². The molecular weight excluding hydrogens is 198 g/mol. The lowest BCUT2D eigenvalue weighted by molar-refractivity contribution is -0.116. The Morgan fingerprint density at radius 2 is 2.25 bits per heavy atom. The van der Waals surface area contributed by atoms with Crippen LogP contribution in [0.4, 0.5) is 5.69 Å². The Kier molecular flexibility index (Phi) is 2.99. The number of amides is 1. The summed E-state index contributed by atoms with van der Waals surface area (Å²) in [6.45, 7) is 6.87. The van der Waals surface area contributed by atoms with Crippen LogP contribution >= 0.6 is 0 Å². The zero-order chi connectivity index (χ0) is 11.7. The number of fused-ring (bicyclic) bond motifs is 1. The first kappa shape index (κ1) is 11.2. The van der Waals surface area contributed by atoms with Gasteiger partial charge in [0.25, 0.3) is 0 Å². The van der Waals surface area contributed by atoms with Crippen molar-refractivity contribution in [2.45, 2.75) is 33.6 Å². The molecule has 0 bridgehead atoms. The zero-order valence-corrected chi connectivity index (χ0v) is 10.3. The monoisotopic (exact) mass is 217 g/mol. The fourth-order valence-electron chi connectivity index (χ4n) is 2.43. The quantitative estimate of drug-likeness (QED) is 0.708. The molecule has 0 saturated heterocycles. The third-order valence-electron chi connectivity index (χ3n) is 3.29. The lowest BCUT2D eigenvalue weighted by Gasteiger charge is -2.32. The third-order valence-corrected chi connectivity index (χ3v) is 3.29. The number of anilines is 1. The highest BCUT2D eigenvalue weighted by molar-refractivity contribution is 5.92. The summed E-state index contributed by atoms with van der Waals surface area (Å²) in [7, 11) is 0. The molecule has 2 rings (SSSR count). The van der Waals surface area contributed by atoms with E-state index in [-0.39, 0.29) is 5.91 Å². The molecule has 1 unspecified atom stereocenters. The summed E-state index contributed by atoms with van der Waals surface area (Å²) >= 11 is 0. The van der Waals surface area contributed by atoms with Gasteiger partial charge in [0.05, 0.1) is 0 Å². The molecule has 2 nitrogen and oxygen atoms in total. The highest BCUT2D eigenvalue weighted by Gasteiger charge is 2.24. The number of carbonyl (C=O) groups excluding carboxylic acids is 1. The molecule has 0 radical (unpaired) electrons. The smallest absolute Gasteiger partial charge is 0.223 e. The number of nitrogens with zero attached hydrogens (tertiary/aromatic N) is 1. The Balaban J connectivity index is 2.43. The summed E-state index contributed by atoms with van der Waals surface area (Å²) in [6.07, 6.45) is 2.15. The fourth-order valence-corrected chi connectivity index (χ4v) is 2.43. The van der Waals surface area contributed by atoms with Crippen molar-refractivity contribution < 1.29 is 4.79 Å². The Bertz CT molecular complexity index is 411. The van der Waals surface area contributed by atoms with Gasteiger partial charge in [-0.1, -0.05) is 26.0 Å². The number of hydrogen-bond donors (Lipinski definition) is 0. The van der Waals surface area contributed by atoms with Gasteiger partial charge in [-0.3, -0.25) is 4.79 Å². The van der Waals surface area contributed by atoms with Gasteiger partial charge < -0.3 is 4.90 Å². The minimum Gasteiger partial charge on any atom is -0.312 e. The van der Waals surface area contributed by atoms with Crippen molar-refractivity contribution in [3.63, 3.8) is 0 Å². The van der Waals surface area contributed by atoms with Gasteiger partial charge in [-0.15, -0.1) is 0 Å². The molecule has 1 aliphatic heterocycles. The molecule has 0 aliphatic carbocycles. The van der Waals surface area contributed by atoms with E-state index in [1.165, 1.54) is 11.1 Å². The number of rotatable bonds is 1. The van der Waals surface area contributed by atoms with Crippen LogP contribution in [-0.2, 0) is 17.6 Å². The second kappa shape index (κ2) is 4.28. The highest BCUT2D eigenvalue weighted by Crippen LogP contribution is 2.30. The number of benzene rings is 1. The average molecular weight is 217 g/mol. The first-order valence-electron chi connectivity index (χ1n) is 6.01. The van der Waals surface area contributed by atoms with E-state index in [1.807, 2.05) is 4.90 Å². The average Bonchev–Trinajstić information content (AvgIpc) is 2.26. The summed E-state index contributed by atoms with van der Waals surface area (Å²) in [5.74, 6) is 0.709. The summed E-state index contributed by atoms with van der Waals surface area (Å²) in [6, 6.07) is 6.48. The van der Waals surface area contributed by atoms with E-state index in [2.05, 4.69) is 32.0 Å². The van der Waals surface area contributed by atoms with E-state index in [0.29, 0.717) is 5.92 Å². The zero-order valence-electron chi connectivity index (χ0n) is 10.3. The maximum absolute atomic E-state index is 11.6. The van der Waals surface area contributed by atoms with Crippen molar-refractivity contribution in [2.75, 3.05) is 11.4 Å². The van der Waals surface area contributed by atoms with Crippen LogP contribution in [0.15, 0.2) is 18.2 Å². The van der Waals surface area contributed by atoms with Crippen molar-refractivity contribution in [1.82, 2.24) is 0 Å². The molecule has 2 heteroatoms. The van der Waals surface area contributed by atoms with E-state index < -0.39 is 0 Å². The molecular formula is C14H19NO. The van der Waals surface area contributed by atoms with Crippen LogP contribution in [0.3, 0.4) is 0 Å². The minimum absolute atomic E-state index is 0.150. The van der Waals surface area contributed by atoms with Crippen LogP contribution in [0.1, 0.15) is 31.9 Å². The molecule has 1 aliphatic rings. The lowest BCUT2D eigenvalue weighted by atomic mass is 9.92. The SMILES string of the molecule is CCc1ccc2c(c1)CC(C)CN2C(C)=O. The molecule has 1 atom stereocenters. The molecule has 1 amide bonds. The van der Waals surface area contributed by atoms with Crippen LogP contribution in [0, 0.1) is 5.92 Å². The second-order valence-electron chi connectivity index (χ2n) is 4.76. The second-order valence-corrected chi connectivity index (χ2v) is 4.76. The third kappa shape index (κ3) is 1.97. The van der Waals surface area contributed by atoms with E-state index in [0.717, 1.165) is 25.1 Å². The topological polar surface area (TPSA) is 20.3 Å². The van der Waals surface area contributed by atoms with Crippen LogP contribution in [0.2, 0.25) is 0 Å². The fraction of sp³-hybridized carbons (Fsp3) is 0.500. The molecule has 0 saturated carbocycles. The van der Waals surface area contributed by atoms with Gasteiger partial charge in [0.2, 0.25) is 5.91 Å². The number of carbonyl (C=O) groups is 1. The Labute approximate surface area is 97.3 Å². The van der Waals surface area contributed by atoms with E-state index >= 15 is 0 Å². The Morgan fingerprint density at radius 3 is 2.88 bits per heavy atom. The largest absolute Gasteiger partial charge is 0.312 e. The maximum Gasteiger partial charge on any atom is 0.223 e. The van der Waals surface area contributed by atoms with Gasteiger partial charge in [-0.25, -0.2) is 0 Å². The molecule has 16 heavy (non-hydrogen) atoms. The van der Waals surface area contributed by atoms with Gasteiger partial charge >= 0.3 is 0 Å². The standard InChI is InChI=1S/C14H19NO/c1-4-12-5-6-14-13(8-12)7-10(2)9-15(14)11(3)16/h5-6,8,10H,4,7,9H2,1-3H3. The predicted molar refractivity (Wildman–Crippen MR) is 66.7 cm³/mol. The Morgan fingerprint density at radius 1 is 1.50 bits per heavy atom. The molecule has 0 aromatic heterocycles. The molecule has 0 N–H and O–H groups in total. The minimum atomic E-state index is 0.150. The van der Waals surface area contributed by atoms with Gasteiger partial charge in [-0.2, -0.15) is 0 Å². The van der Waals surface area contributed by atoms with Crippen molar-refractivity contribution in [3.05, 3.63) is 29.3 Å². The van der Waals surface area contributed by atoms with Crippen LogP contribution in [0.25, 0.3) is 0 Å². The molecule has 86 valence electrons. The molecule has 1 aromatic rings. The van der Waals surface area contributed by atoms with Gasteiger partial charge in [0.15, 0.2) is 0 Å². The molecule has 1 heterocycles. The molecule has 1 aromatic carbocycles. The van der Waals surface area contributed by atoms with Crippen molar-refractivity contribution in [2.24, 2.45) is 5.92 Å². The van der Waals surface area contributed by atoms with E-state index in [4.69, 9.17) is 0 Å². The summed E-state index contributed by atoms with van der Waals surface area (Å²) in [4.78, 5) is 13.5. The molecule has 0 spiro atoms. The summed E-state index contributed by atoms with van der Waals surface area (Å²) in [5, 5.41) is 0. The van der Waals surface area contributed by atoms with Crippen LogP contribution in [-0.4, -0.2) is 12.5 Å². The normalized spacial score (nSPS) is 19.4. The van der Waals surface area contributed by atoms with Crippen molar-refractivity contribution in [1.29, 1.82) is 0 Å². The first-order chi connectivity index (χ1) is 7.61. The van der Waals surface area contributed by atoms with Gasteiger partial charge in [0.1, 0.15) is 0 Å². The first-order valence-corrected chi connectivity index (χ1v) is 6.01. The van der Waals surface area contributed by atoms with Crippen molar-refractivity contribution in [3.8, 4) is 0 Å². The van der Waals surface area contributed by atoms with E-state index in [1.54, 1.807) is 6.92 Å². The summed E-state index contributed by atoms with van der Waals surface area (Å²) < 4.78 is 0. The summed E-state index contributed by atoms with van der Waals surface area (Å²) in [5.41, 5.74) is 3.80. The lowest BCUT2D eigenvalue weighted by Crippen LogP contribution is -2.37. The van der Waals surface area contributed by atoms with Crippen molar-refractivity contribution >= 4 is 11.6 Å². The maximum atomic E-state index is 11.6. The van der Waals surface area contributed by atoms with Gasteiger partial charge in [0, 0.05) is 19.2 Å².